The molecule has 5 heteroatoms. The SMILES string of the molecule is O=C1OC(=O)c2ccc(F)c3c(F)ccc1c23. The Morgan fingerprint density at radius 3 is 1.71 bits per heavy atom. The van der Waals surface area contributed by atoms with Gasteiger partial charge in [0.05, 0.1) is 16.5 Å². The van der Waals surface area contributed by atoms with Gasteiger partial charge in [-0.15, -0.1) is 0 Å². The monoisotopic (exact) mass is 234 g/mol. The molecule has 1 aliphatic rings. The molecule has 3 nitrogen and oxygen atoms in total. The van der Waals surface area contributed by atoms with E-state index in [9.17, 15) is 18.4 Å². The lowest BCUT2D eigenvalue weighted by Gasteiger charge is -2.15. The van der Waals surface area contributed by atoms with Crippen LogP contribution in [0.3, 0.4) is 0 Å². The van der Waals surface area contributed by atoms with Crippen molar-refractivity contribution in [3.63, 3.8) is 0 Å². The van der Waals surface area contributed by atoms with Crippen LogP contribution < -0.4 is 0 Å². The van der Waals surface area contributed by atoms with E-state index in [2.05, 4.69) is 4.74 Å². The average Bonchev–Trinajstić information content (AvgIpc) is 2.28. The molecule has 0 radical (unpaired) electrons. The summed E-state index contributed by atoms with van der Waals surface area (Å²) in [6, 6.07) is 4.30. The molecule has 2 aromatic carbocycles. The van der Waals surface area contributed by atoms with E-state index in [1.54, 1.807) is 0 Å². The van der Waals surface area contributed by atoms with Crippen LogP contribution in [0.1, 0.15) is 20.7 Å². The predicted molar refractivity (Wildman–Crippen MR) is 53.6 cm³/mol. The zero-order valence-electron chi connectivity index (χ0n) is 8.29. The normalized spacial score (nSPS) is 14.0. The van der Waals surface area contributed by atoms with Gasteiger partial charge in [-0.25, -0.2) is 18.4 Å². The van der Waals surface area contributed by atoms with Crippen LogP contribution in [0.15, 0.2) is 24.3 Å². The van der Waals surface area contributed by atoms with Crippen LogP contribution >= 0.6 is 0 Å². The van der Waals surface area contributed by atoms with Gasteiger partial charge in [-0.3, -0.25) is 0 Å². The first kappa shape index (κ1) is 9.89. The fraction of sp³-hybridized carbons (Fsp3) is 0. The molecule has 0 aliphatic carbocycles. The fourth-order valence-corrected chi connectivity index (χ4v) is 1.95. The molecule has 0 atom stereocenters. The van der Waals surface area contributed by atoms with Gasteiger partial charge >= 0.3 is 11.9 Å². The number of cyclic esters (lactones) is 2. The van der Waals surface area contributed by atoms with E-state index in [4.69, 9.17) is 0 Å². The van der Waals surface area contributed by atoms with Gasteiger partial charge in [0.1, 0.15) is 11.6 Å². The lowest BCUT2D eigenvalue weighted by Crippen LogP contribution is -2.20. The van der Waals surface area contributed by atoms with Crippen LogP contribution in [-0.4, -0.2) is 11.9 Å². The molecule has 1 aliphatic heterocycles. The fourth-order valence-electron chi connectivity index (χ4n) is 1.95. The summed E-state index contributed by atoms with van der Waals surface area (Å²) in [5, 5.41) is -0.378. The van der Waals surface area contributed by atoms with E-state index in [1.807, 2.05) is 0 Å². The van der Waals surface area contributed by atoms with Crippen molar-refractivity contribution in [1.82, 2.24) is 0 Å². The summed E-state index contributed by atoms with van der Waals surface area (Å²) < 4.78 is 31.5. The van der Waals surface area contributed by atoms with Crippen LogP contribution in [0.25, 0.3) is 10.8 Å². The molecule has 0 spiro atoms. The highest BCUT2D eigenvalue weighted by molar-refractivity contribution is 6.20. The minimum atomic E-state index is -0.891. The smallest absolute Gasteiger partial charge is 0.346 e. The van der Waals surface area contributed by atoms with E-state index in [0.29, 0.717) is 0 Å². The van der Waals surface area contributed by atoms with Crippen molar-refractivity contribution in [2.24, 2.45) is 0 Å². The Kier molecular flexibility index (Phi) is 1.80. The molecule has 84 valence electrons. The van der Waals surface area contributed by atoms with E-state index in [0.717, 1.165) is 12.1 Å². The van der Waals surface area contributed by atoms with Crippen molar-refractivity contribution in [1.29, 1.82) is 0 Å². The van der Waals surface area contributed by atoms with Crippen LogP contribution in [-0.2, 0) is 4.74 Å². The van der Waals surface area contributed by atoms with Gasteiger partial charge in [0.2, 0.25) is 0 Å². The minimum absolute atomic E-state index is 0.00417. The third kappa shape index (κ3) is 1.19. The molecule has 0 fully saturated rings. The maximum absolute atomic E-state index is 13.5. The standard InChI is InChI=1S/C12H4F2O3/c13-7-3-1-5-9-6(12(16)17-11(5)15)2-4-8(14)10(7)9/h1-4H. The number of hydrogen-bond acceptors (Lipinski definition) is 3. The molecule has 2 aromatic rings. The van der Waals surface area contributed by atoms with Gasteiger partial charge in [-0.05, 0) is 24.3 Å². The van der Waals surface area contributed by atoms with E-state index >= 15 is 0 Å². The molecule has 1 heterocycles. The summed E-state index contributed by atoms with van der Waals surface area (Å²) in [6.07, 6.45) is 0. The van der Waals surface area contributed by atoms with Crippen LogP contribution in [0.5, 0.6) is 0 Å². The second-order valence-corrected chi connectivity index (χ2v) is 3.62. The Balaban J connectivity index is 2.61. The minimum Gasteiger partial charge on any atom is -0.386 e. The van der Waals surface area contributed by atoms with Crippen molar-refractivity contribution in [2.75, 3.05) is 0 Å². The average molecular weight is 234 g/mol. The topological polar surface area (TPSA) is 43.4 Å². The van der Waals surface area contributed by atoms with Crippen molar-refractivity contribution < 1.29 is 23.1 Å². The largest absolute Gasteiger partial charge is 0.386 e. The Morgan fingerprint density at radius 1 is 0.765 bits per heavy atom. The summed E-state index contributed by atoms with van der Waals surface area (Å²) >= 11 is 0. The molecule has 17 heavy (non-hydrogen) atoms. The first-order valence-electron chi connectivity index (χ1n) is 4.77. The van der Waals surface area contributed by atoms with Gasteiger partial charge in [-0.2, -0.15) is 0 Å². The second-order valence-electron chi connectivity index (χ2n) is 3.62. The first-order chi connectivity index (χ1) is 8.09. The highest BCUT2D eigenvalue weighted by atomic mass is 19.1. The highest BCUT2D eigenvalue weighted by Gasteiger charge is 2.29. The summed E-state index contributed by atoms with van der Waals surface area (Å²) in [7, 11) is 0. The highest BCUT2D eigenvalue weighted by Crippen LogP contribution is 2.31. The van der Waals surface area contributed by atoms with Gasteiger partial charge in [0, 0.05) is 5.39 Å². The molecule has 0 bridgehead atoms. The van der Waals surface area contributed by atoms with Crippen molar-refractivity contribution in [3.05, 3.63) is 47.0 Å². The first-order valence-corrected chi connectivity index (χ1v) is 4.77. The number of esters is 2. The van der Waals surface area contributed by atoms with Crippen LogP contribution in [0, 0.1) is 11.6 Å². The molecule has 0 unspecified atom stereocenters. The summed E-state index contributed by atoms with van der Waals surface area (Å²) in [5.74, 6) is -3.41. The van der Waals surface area contributed by atoms with Gasteiger partial charge in [0.15, 0.2) is 0 Å². The molecule has 0 N–H and O–H groups in total. The number of benzene rings is 2. The molecule has 0 saturated heterocycles. The zero-order chi connectivity index (χ0) is 12.2. The Labute approximate surface area is 93.6 Å². The summed E-state index contributed by atoms with van der Waals surface area (Å²) in [4.78, 5) is 22.8. The maximum atomic E-state index is 13.5. The third-order valence-corrected chi connectivity index (χ3v) is 2.68. The number of ether oxygens (including phenoxy) is 1. The van der Waals surface area contributed by atoms with Crippen LogP contribution in [0.2, 0.25) is 0 Å². The lowest BCUT2D eigenvalue weighted by molar-refractivity contribution is 0.0391. The predicted octanol–water partition coefficient (Wildman–Crippen LogP) is 2.43. The quantitative estimate of drug-likeness (QED) is 0.519. The van der Waals surface area contributed by atoms with Gasteiger partial charge in [-0.1, -0.05) is 0 Å². The number of rotatable bonds is 0. The number of hydrogen-bond donors (Lipinski definition) is 0. The number of carbonyl (C=O) groups excluding carboxylic acids is 2. The number of halogens is 2. The van der Waals surface area contributed by atoms with E-state index in [1.165, 1.54) is 12.1 Å². The van der Waals surface area contributed by atoms with Crippen molar-refractivity contribution >= 4 is 22.7 Å². The molecule has 0 saturated carbocycles. The summed E-state index contributed by atoms with van der Waals surface area (Å²) in [5.41, 5.74) is -0.00833. The molecule has 3 rings (SSSR count). The molecule has 0 amide bonds. The molecular weight excluding hydrogens is 230 g/mol. The van der Waals surface area contributed by atoms with Crippen molar-refractivity contribution in [3.8, 4) is 0 Å². The number of carbonyl (C=O) groups is 2. The molecule has 0 aromatic heterocycles. The zero-order valence-corrected chi connectivity index (χ0v) is 8.29. The maximum Gasteiger partial charge on any atom is 0.346 e. The Hall–Kier alpha value is -2.30. The van der Waals surface area contributed by atoms with E-state index < -0.39 is 23.6 Å². The molecular formula is C12H4F2O3. The Bertz CT molecular complexity index is 637. The van der Waals surface area contributed by atoms with E-state index in [-0.39, 0.29) is 21.9 Å². The lowest BCUT2D eigenvalue weighted by atomic mass is 9.96. The van der Waals surface area contributed by atoms with Gasteiger partial charge < -0.3 is 4.74 Å². The third-order valence-electron chi connectivity index (χ3n) is 2.68. The Morgan fingerprint density at radius 2 is 1.24 bits per heavy atom. The van der Waals surface area contributed by atoms with Gasteiger partial charge in [0.25, 0.3) is 0 Å². The van der Waals surface area contributed by atoms with Crippen molar-refractivity contribution in [2.45, 2.75) is 0 Å². The summed E-state index contributed by atoms with van der Waals surface area (Å²) in [6.45, 7) is 0. The second kappa shape index (κ2) is 3.10. The van der Waals surface area contributed by atoms with Crippen LogP contribution in [0.4, 0.5) is 8.78 Å².